The van der Waals surface area contributed by atoms with Crippen LogP contribution in [0.15, 0.2) is 18.2 Å². The summed E-state index contributed by atoms with van der Waals surface area (Å²) >= 11 is 6.06. The van der Waals surface area contributed by atoms with Gasteiger partial charge in [0.15, 0.2) is 0 Å². The Morgan fingerprint density at radius 1 is 1.61 bits per heavy atom. The number of aliphatic hydroxyl groups is 1. The number of halogens is 1. The van der Waals surface area contributed by atoms with Crippen LogP contribution in [-0.4, -0.2) is 42.4 Å². The van der Waals surface area contributed by atoms with Gasteiger partial charge in [-0.15, -0.1) is 0 Å². The second-order valence-corrected chi connectivity index (χ2v) is 4.40. The Bertz CT molecular complexity index is 455. The molecule has 7 heteroatoms. The number of hydrogen-bond donors (Lipinski definition) is 1. The standard InChI is InChI=1S/C11H13ClN2O4/c12-10-5-8(14(16)17)1-2-11(10)13-3-4-18-7-9(13)6-15/h1-2,5,9,15H,3-4,6-7H2. The van der Waals surface area contributed by atoms with E-state index >= 15 is 0 Å². The van der Waals surface area contributed by atoms with E-state index in [-0.39, 0.29) is 18.3 Å². The summed E-state index contributed by atoms with van der Waals surface area (Å²) in [4.78, 5) is 12.1. The molecule has 0 aromatic heterocycles. The Labute approximate surface area is 109 Å². The molecule has 1 aromatic rings. The average Bonchev–Trinajstić information content (AvgIpc) is 2.38. The number of morpholine rings is 1. The number of hydrogen-bond acceptors (Lipinski definition) is 5. The SMILES string of the molecule is O=[N+]([O-])c1ccc(N2CCOCC2CO)c(Cl)c1. The maximum Gasteiger partial charge on any atom is 0.271 e. The van der Waals surface area contributed by atoms with Gasteiger partial charge < -0.3 is 14.7 Å². The summed E-state index contributed by atoms with van der Waals surface area (Å²) in [6.45, 7) is 1.52. The van der Waals surface area contributed by atoms with Gasteiger partial charge in [0.2, 0.25) is 0 Å². The molecule has 98 valence electrons. The number of nitro benzene ring substituents is 1. The van der Waals surface area contributed by atoms with Crippen LogP contribution in [0.4, 0.5) is 11.4 Å². The van der Waals surface area contributed by atoms with Crippen molar-refractivity contribution < 1.29 is 14.8 Å². The molecule has 1 fully saturated rings. The molecule has 0 radical (unpaired) electrons. The van der Waals surface area contributed by atoms with Crippen molar-refractivity contribution in [3.8, 4) is 0 Å². The van der Waals surface area contributed by atoms with Crippen LogP contribution < -0.4 is 4.90 Å². The Morgan fingerprint density at radius 3 is 3.00 bits per heavy atom. The van der Waals surface area contributed by atoms with Crippen LogP contribution in [0.3, 0.4) is 0 Å². The molecule has 0 aliphatic carbocycles. The molecule has 18 heavy (non-hydrogen) atoms. The molecule has 6 nitrogen and oxygen atoms in total. The molecule has 1 aliphatic rings. The topological polar surface area (TPSA) is 75.8 Å². The summed E-state index contributed by atoms with van der Waals surface area (Å²) in [5, 5.41) is 20.2. The molecule has 1 aliphatic heterocycles. The second-order valence-electron chi connectivity index (χ2n) is 4.00. The summed E-state index contributed by atoms with van der Waals surface area (Å²) in [6, 6.07) is 4.16. The Hall–Kier alpha value is -1.37. The second kappa shape index (κ2) is 5.51. The van der Waals surface area contributed by atoms with Gasteiger partial charge >= 0.3 is 0 Å². The van der Waals surface area contributed by atoms with Crippen LogP contribution in [0, 0.1) is 10.1 Å². The van der Waals surface area contributed by atoms with Gasteiger partial charge in [0.05, 0.1) is 41.5 Å². The molecule has 0 amide bonds. The lowest BCUT2D eigenvalue weighted by Gasteiger charge is -2.36. The van der Waals surface area contributed by atoms with E-state index in [0.29, 0.717) is 30.5 Å². The smallest absolute Gasteiger partial charge is 0.271 e. The van der Waals surface area contributed by atoms with Crippen LogP contribution in [0.2, 0.25) is 5.02 Å². The predicted molar refractivity (Wildman–Crippen MR) is 67.1 cm³/mol. The van der Waals surface area contributed by atoms with Gasteiger partial charge in [-0.3, -0.25) is 10.1 Å². The van der Waals surface area contributed by atoms with Gasteiger partial charge in [0.1, 0.15) is 0 Å². The fourth-order valence-corrected chi connectivity index (χ4v) is 2.25. The molecular formula is C11H13ClN2O4. The first-order valence-corrected chi connectivity index (χ1v) is 5.90. The van der Waals surface area contributed by atoms with E-state index in [2.05, 4.69) is 0 Å². The summed E-state index contributed by atoms with van der Waals surface area (Å²) < 4.78 is 5.27. The van der Waals surface area contributed by atoms with E-state index in [1.165, 1.54) is 12.1 Å². The van der Waals surface area contributed by atoms with Crippen molar-refractivity contribution in [2.75, 3.05) is 31.3 Å². The Kier molecular flexibility index (Phi) is 4.00. The third-order valence-corrected chi connectivity index (χ3v) is 3.19. The zero-order chi connectivity index (χ0) is 13.1. The molecule has 0 saturated carbocycles. The van der Waals surface area contributed by atoms with Crippen LogP contribution >= 0.6 is 11.6 Å². The number of nitro groups is 1. The van der Waals surface area contributed by atoms with E-state index < -0.39 is 4.92 Å². The summed E-state index contributed by atoms with van der Waals surface area (Å²) in [5.74, 6) is 0. The highest BCUT2D eigenvalue weighted by atomic mass is 35.5. The van der Waals surface area contributed by atoms with E-state index in [1.807, 2.05) is 4.90 Å². The maximum absolute atomic E-state index is 10.6. The number of non-ortho nitro benzene ring substituents is 1. The first-order chi connectivity index (χ1) is 8.63. The van der Waals surface area contributed by atoms with Crippen LogP contribution in [0.25, 0.3) is 0 Å². The molecular weight excluding hydrogens is 260 g/mol. The minimum Gasteiger partial charge on any atom is -0.394 e. The zero-order valence-corrected chi connectivity index (χ0v) is 10.3. The highest BCUT2D eigenvalue weighted by Gasteiger charge is 2.25. The normalized spacial score (nSPS) is 19.9. The number of ether oxygens (including phenoxy) is 1. The third kappa shape index (κ3) is 2.55. The van der Waals surface area contributed by atoms with Crippen molar-refractivity contribution >= 4 is 23.0 Å². The van der Waals surface area contributed by atoms with Gasteiger partial charge in [-0.1, -0.05) is 11.6 Å². The lowest BCUT2D eigenvalue weighted by atomic mass is 10.2. The number of nitrogens with zero attached hydrogens (tertiary/aromatic N) is 2. The quantitative estimate of drug-likeness (QED) is 0.666. The van der Waals surface area contributed by atoms with Crippen LogP contribution in [0.5, 0.6) is 0 Å². The number of aliphatic hydroxyl groups excluding tert-OH is 1. The molecule has 1 heterocycles. The fraction of sp³-hybridized carbons (Fsp3) is 0.455. The minimum atomic E-state index is -0.488. The van der Waals surface area contributed by atoms with Crippen molar-refractivity contribution in [3.05, 3.63) is 33.3 Å². The third-order valence-electron chi connectivity index (χ3n) is 2.89. The summed E-state index contributed by atoms with van der Waals surface area (Å²) in [7, 11) is 0. The Balaban J connectivity index is 2.29. The van der Waals surface area contributed by atoms with Crippen molar-refractivity contribution in [1.82, 2.24) is 0 Å². The molecule has 0 bridgehead atoms. The molecule has 0 spiro atoms. The number of anilines is 1. The molecule has 1 unspecified atom stereocenters. The van der Waals surface area contributed by atoms with E-state index in [4.69, 9.17) is 16.3 Å². The van der Waals surface area contributed by atoms with Crippen LogP contribution in [0.1, 0.15) is 0 Å². The van der Waals surface area contributed by atoms with Crippen LogP contribution in [-0.2, 0) is 4.74 Å². The molecule has 1 aromatic carbocycles. The van der Waals surface area contributed by atoms with Gasteiger partial charge in [-0.2, -0.15) is 0 Å². The molecule has 2 rings (SSSR count). The zero-order valence-electron chi connectivity index (χ0n) is 9.58. The van der Waals surface area contributed by atoms with Gasteiger partial charge in [0.25, 0.3) is 5.69 Å². The monoisotopic (exact) mass is 272 g/mol. The summed E-state index contributed by atoms with van der Waals surface area (Å²) in [6.07, 6.45) is 0. The number of benzene rings is 1. The lowest BCUT2D eigenvalue weighted by molar-refractivity contribution is -0.384. The van der Waals surface area contributed by atoms with Crippen molar-refractivity contribution in [3.63, 3.8) is 0 Å². The molecule has 1 atom stereocenters. The maximum atomic E-state index is 10.6. The van der Waals surface area contributed by atoms with Crippen molar-refractivity contribution in [2.24, 2.45) is 0 Å². The minimum absolute atomic E-state index is 0.0439. The van der Waals surface area contributed by atoms with E-state index in [0.717, 1.165) is 0 Å². The molecule has 1 saturated heterocycles. The van der Waals surface area contributed by atoms with Gasteiger partial charge in [-0.05, 0) is 6.07 Å². The average molecular weight is 273 g/mol. The fourth-order valence-electron chi connectivity index (χ4n) is 1.97. The predicted octanol–water partition coefficient (Wildman–Crippen LogP) is 1.45. The number of rotatable bonds is 3. The lowest BCUT2D eigenvalue weighted by Crippen LogP contribution is -2.47. The Morgan fingerprint density at radius 2 is 2.39 bits per heavy atom. The van der Waals surface area contributed by atoms with Gasteiger partial charge in [0, 0.05) is 18.7 Å². The van der Waals surface area contributed by atoms with Crippen molar-refractivity contribution in [1.29, 1.82) is 0 Å². The highest BCUT2D eigenvalue weighted by Crippen LogP contribution is 2.31. The van der Waals surface area contributed by atoms with Crippen molar-refractivity contribution in [2.45, 2.75) is 6.04 Å². The summed E-state index contributed by atoms with van der Waals surface area (Å²) in [5.41, 5.74) is 0.641. The first-order valence-electron chi connectivity index (χ1n) is 5.52. The van der Waals surface area contributed by atoms with E-state index in [1.54, 1.807) is 6.07 Å². The molecule has 1 N–H and O–H groups in total. The largest absolute Gasteiger partial charge is 0.394 e. The van der Waals surface area contributed by atoms with Gasteiger partial charge in [-0.25, -0.2) is 0 Å². The first kappa shape index (κ1) is 13.1. The highest BCUT2D eigenvalue weighted by molar-refractivity contribution is 6.33. The van der Waals surface area contributed by atoms with E-state index in [9.17, 15) is 15.2 Å².